The van der Waals surface area contributed by atoms with Gasteiger partial charge in [-0.25, -0.2) is 0 Å². The minimum atomic E-state index is -0.434. The van der Waals surface area contributed by atoms with Gasteiger partial charge in [-0.3, -0.25) is 4.79 Å². The molecular weight excluding hydrogens is 236 g/mol. The van der Waals surface area contributed by atoms with Crippen molar-refractivity contribution in [3.8, 4) is 0 Å². The third-order valence-corrected chi connectivity index (χ3v) is 3.92. The minimum absolute atomic E-state index is 0.0823. The summed E-state index contributed by atoms with van der Waals surface area (Å²) in [6.07, 6.45) is 2.09. The van der Waals surface area contributed by atoms with E-state index in [0.29, 0.717) is 0 Å². The van der Waals surface area contributed by atoms with E-state index in [2.05, 4.69) is 12.1 Å². The molecule has 2 N–H and O–H groups in total. The first-order valence-corrected chi connectivity index (χ1v) is 7.02. The molecule has 0 bridgehead atoms. The highest BCUT2D eigenvalue weighted by Gasteiger charge is 2.36. The summed E-state index contributed by atoms with van der Waals surface area (Å²) in [7, 11) is 0. The van der Waals surface area contributed by atoms with Crippen LogP contribution in [-0.4, -0.2) is 23.4 Å². The molecule has 3 nitrogen and oxygen atoms in total. The van der Waals surface area contributed by atoms with Gasteiger partial charge in [0.05, 0.1) is 12.1 Å². The van der Waals surface area contributed by atoms with Gasteiger partial charge in [0.2, 0.25) is 5.91 Å². The smallest absolute Gasteiger partial charge is 0.240 e. The van der Waals surface area contributed by atoms with E-state index >= 15 is 0 Å². The zero-order valence-electron chi connectivity index (χ0n) is 12.1. The number of nitrogens with zero attached hydrogens (tertiary/aromatic N) is 1. The second-order valence-corrected chi connectivity index (χ2v) is 6.44. The first-order valence-electron chi connectivity index (χ1n) is 7.02. The van der Waals surface area contributed by atoms with Gasteiger partial charge in [0.15, 0.2) is 0 Å². The Balaban J connectivity index is 2.18. The molecule has 1 saturated heterocycles. The van der Waals surface area contributed by atoms with Gasteiger partial charge in [0, 0.05) is 6.54 Å². The van der Waals surface area contributed by atoms with Crippen LogP contribution >= 0.6 is 0 Å². The summed E-state index contributed by atoms with van der Waals surface area (Å²) in [5, 5.41) is 0. The van der Waals surface area contributed by atoms with E-state index in [4.69, 9.17) is 5.73 Å². The number of nitrogens with two attached hydrogens (primary N) is 1. The lowest BCUT2D eigenvalue weighted by Crippen LogP contribution is -2.50. The number of rotatable bonds is 2. The zero-order chi connectivity index (χ0) is 14.0. The quantitative estimate of drug-likeness (QED) is 0.888. The number of likely N-dealkylation sites (tertiary alicyclic amines) is 1. The van der Waals surface area contributed by atoms with Crippen molar-refractivity contribution in [2.24, 2.45) is 11.1 Å². The molecule has 1 aliphatic rings. The molecule has 0 aromatic heterocycles. The first kappa shape index (κ1) is 14.1. The van der Waals surface area contributed by atoms with Gasteiger partial charge in [-0.2, -0.15) is 0 Å². The number of carbonyl (C=O) groups is 1. The molecule has 0 radical (unpaired) electrons. The van der Waals surface area contributed by atoms with Crippen LogP contribution in [0.3, 0.4) is 0 Å². The molecule has 1 heterocycles. The molecule has 1 aromatic carbocycles. The number of carbonyl (C=O) groups excluding carboxylic acids is 1. The van der Waals surface area contributed by atoms with Crippen molar-refractivity contribution in [3.05, 3.63) is 35.9 Å². The first-order chi connectivity index (χ1) is 8.91. The summed E-state index contributed by atoms with van der Waals surface area (Å²) < 4.78 is 0. The maximum absolute atomic E-state index is 12.6. The maximum Gasteiger partial charge on any atom is 0.240 e. The van der Waals surface area contributed by atoms with Crippen molar-refractivity contribution in [1.29, 1.82) is 0 Å². The Morgan fingerprint density at radius 3 is 2.53 bits per heavy atom. The summed E-state index contributed by atoms with van der Waals surface area (Å²) in [4.78, 5) is 14.5. The molecule has 3 heteroatoms. The average molecular weight is 260 g/mol. The van der Waals surface area contributed by atoms with Gasteiger partial charge in [-0.15, -0.1) is 0 Å². The van der Waals surface area contributed by atoms with Gasteiger partial charge in [-0.05, 0) is 23.8 Å². The Kier molecular flexibility index (Phi) is 3.95. The summed E-state index contributed by atoms with van der Waals surface area (Å²) in [6.45, 7) is 6.87. The lowest BCUT2D eigenvalue weighted by Gasteiger charge is -2.33. The van der Waals surface area contributed by atoms with Gasteiger partial charge in [-0.1, -0.05) is 51.1 Å². The fourth-order valence-electron chi connectivity index (χ4n) is 2.60. The van der Waals surface area contributed by atoms with Crippen molar-refractivity contribution >= 4 is 5.91 Å². The topological polar surface area (TPSA) is 46.3 Å². The SMILES string of the molecule is CC(C)(C)[C@H](N)C(=O)N1CCCC1c1ccccc1. The molecule has 0 saturated carbocycles. The Morgan fingerprint density at radius 2 is 1.95 bits per heavy atom. The standard InChI is InChI=1S/C16H24N2O/c1-16(2,3)14(17)15(19)18-11-7-10-13(18)12-8-5-4-6-9-12/h4-6,8-9,13-14H,7,10-11,17H2,1-3H3/t13?,14-/m1/s1. The van der Waals surface area contributed by atoms with Crippen molar-refractivity contribution in [3.63, 3.8) is 0 Å². The van der Waals surface area contributed by atoms with Crippen LogP contribution in [0, 0.1) is 5.41 Å². The third kappa shape index (κ3) is 2.98. The molecule has 1 aromatic rings. The Hall–Kier alpha value is -1.35. The highest BCUT2D eigenvalue weighted by atomic mass is 16.2. The lowest BCUT2D eigenvalue weighted by atomic mass is 9.86. The number of amides is 1. The molecule has 1 amide bonds. The highest BCUT2D eigenvalue weighted by Crippen LogP contribution is 2.33. The molecule has 2 rings (SSSR count). The molecule has 0 aliphatic carbocycles. The molecule has 1 fully saturated rings. The molecule has 0 spiro atoms. The molecule has 1 aliphatic heterocycles. The van der Waals surface area contributed by atoms with Crippen LogP contribution in [0.1, 0.15) is 45.2 Å². The monoisotopic (exact) mass is 260 g/mol. The van der Waals surface area contributed by atoms with Gasteiger partial charge in [0.25, 0.3) is 0 Å². The zero-order valence-corrected chi connectivity index (χ0v) is 12.1. The lowest BCUT2D eigenvalue weighted by molar-refractivity contribution is -0.135. The fraction of sp³-hybridized carbons (Fsp3) is 0.562. The van der Waals surface area contributed by atoms with Crippen LogP contribution < -0.4 is 5.73 Å². The largest absolute Gasteiger partial charge is 0.334 e. The van der Waals surface area contributed by atoms with Crippen LogP contribution in [-0.2, 0) is 4.79 Å². The predicted molar refractivity (Wildman–Crippen MR) is 77.6 cm³/mol. The van der Waals surface area contributed by atoms with Gasteiger partial charge in [0.1, 0.15) is 0 Å². The Bertz CT molecular complexity index is 436. The number of hydrogen-bond donors (Lipinski definition) is 1. The van der Waals surface area contributed by atoms with Gasteiger partial charge < -0.3 is 10.6 Å². The minimum Gasteiger partial charge on any atom is -0.334 e. The summed E-state index contributed by atoms with van der Waals surface area (Å²) in [6, 6.07) is 10.0. The van der Waals surface area contributed by atoms with E-state index in [9.17, 15) is 4.79 Å². The van der Waals surface area contributed by atoms with E-state index in [1.54, 1.807) is 0 Å². The van der Waals surface area contributed by atoms with E-state index in [0.717, 1.165) is 19.4 Å². The average Bonchev–Trinajstić information content (AvgIpc) is 2.86. The van der Waals surface area contributed by atoms with E-state index < -0.39 is 6.04 Å². The van der Waals surface area contributed by atoms with E-state index in [1.807, 2.05) is 43.9 Å². The van der Waals surface area contributed by atoms with Gasteiger partial charge >= 0.3 is 0 Å². The van der Waals surface area contributed by atoms with Crippen LogP contribution in [0.5, 0.6) is 0 Å². The van der Waals surface area contributed by atoms with Crippen LogP contribution in [0.2, 0.25) is 0 Å². The van der Waals surface area contributed by atoms with Crippen molar-refractivity contribution in [2.45, 2.75) is 45.7 Å². The normalized spacial score (nSPS) is 21.5. The van der Waals surface area contributed by atoms with Crippen LogP contribution in [0.15, 0.2) is 30.3 Å². The second kappa shape index (κ2) is 5.33. The molecule has 104 valence electrons. The maximum atomic E-state index is 12.6. The summed E-state index contributed by atoms with van der Waals surface area (Å²) in [5.41, 5.74) is 7.15. The molecule has 1 unspecified atom stereocenters. The Morgan fingerprint density at radius 1 is 1.32 bits per heavy atom. The highest BCUT2D eigenvalue weighted by molar-refractivity contribution is 5.83. The molecule has 19 heavy (non-hydrogen) atoms. The van der Waals surface area contributed by atoms with Crippen molar-refractivity contribution < 1.29 is 4.79 Å². The van der Waals surface area contributed by atoms with Crippen LogP contribution in [0.25, 0.3) is 0 Å². The van der Waals surface area contributed by atoms with E-state index in [1.165, 1.54) is 5.56 Å². The number of hydrogen-bond acceptors (Lipinski definition) is 2. The number of benzene rings is 1. The fourth-order valence-corrected chi connectivity index (χ4v) is 2.60. The Labute approximate surface area is 115 Å². The second-order valence-electron chi connectivity index (χ2n) is 6.44. The summed E-state index contributed by atoms with van der Waals surface area (Å²) in [5.74, 6) is 0.0823. The van der Waals surface area contributed by atoms with E-state index in [-0.39, 0.29) is 17.4 Å². The molecular formula is C16H24N2O. The third-order valence-electron chi connectivity index (χ3n) is 3.92. The van der Waals surface area contributed by atoms with Crippen molar-refractivity contribution in [1.82, 2.24) is 4.90 Å². The predicted octanol–water partition coefficient (Wildman–Crippen LogP) is 2.72. The van der Waals surface area contributed by atoms with Crippen LogP contribution in [0.4, 0.5) is 0 Å². The van der Waals surface area contributed by atoms with Crippen molar-refractivity contribution in [2.75, 3.05) is 6.54 Å². The summed E-state index contributed by atoms with van der Waals surface area (Å²) >= 11 is 0. The molecule has 2 atom stereocenters.